The van der Waals surface area contributed by atoms with Crippen LogP contribution in [0.25, 0.3) is 32.1 Å². The molecule has 2 heterocycles. The summed E-state index contributed by atoms with van der Waals surface area (Å²) in [7, 11) is 0. The lowest BCUT2D eigenvalue weighted by Crippen LogP contribution is -2.24. The zero-order valence-electron chi connectivity index (χ0n) is 17.3. The summed E-state index contributed by atoms with van der Waals surface area (Å²) in [6.07, 6.45) is 1.48. The van der Waals surface area contributed by atoms with Gasteiger partial charge in [0.2, 0.25) is 0 Å². The number of rotatable bonds is 4. The number of carbonyl (C=O) groups is 1. The molecule has 0 atom stereocenters. The normalized spacial score (nSPS) is 11.3. The van der Waals surface area contributed by atoms with Crippen molar-refractivity contribution >= 4 is 38.1 Å². The number of aromatic nitrogens is 2. The van der Waals surface area contributed by atoms with E-state index in [-0.39, 0.29) is 17.9 Å². The fourth-order valence-electron chi connectivity index (χ4n) is 3.81. The minimum atomic E-state index is -0.186. The Labute approximate surface area is 183 Å². The smallest absolute Gasteiger partial charge is 0.263 e. The van der Waals surface area contributed by atoms with Gasteiger partial charge in [0.15, 0.2) is 5.78 Å². The van der Waals surface area contributed by atoms with Crippen LogP contribution in [-0.2, 0) is 6.54 Å². The highest BCUT2D eigenvalue weighted by Crippen LogP contribution is 2.31. The standard InChI is InChI=1S/C26H20N2O2S/c1-16-7-8-20(11-17(16)2)22-14-31-25-24(22)26(30)28(15-27-25)13-23(29)21-10-9-18-5-3-4-6-19(18)12-21/h3-12,14-15H,13H2,1-2H3. The highest BCUT2D eigenvalue weighted by Gasteiger charge is 2.16. The van der Waals surface area contributed by atoms with Crippen LogP contribution < -0.4 is 5.56 Å². The number of nitrogens with zero attached hydrogens (tertiary/aromatic N) is 2. The number of fused-ring (bicyclic) bond motifs is 2. The minimum absolute atomic E-state index is 0.0394. The molecule has 31 heavy (non-hydrogen) atoms. The molecule has 0 N–H and O–H groups in total. The molecule has 0 unspecified atom stereocenters. The maximum atomic E-state index is 13.3. The van der Waals surface area contributed by atoms with Gasteiger partial charge in [-0.25, -0.2) is 4.98 Å². The van der Waals surface area contributed by atoms with E-state index in [0.717, 1.165) is 21.9 Å². The van der Waals surface area contributed by atoms with Crippen molar-refractivity contribution in [1.29, 1.82) is 0 Å². The highest BCUT2D eigenvalue weighted by molar-refractivity contribution is 7.17. The van der Waals surface area contributed by atoms with Gasteiger partial charge < -0.3 is 0 Å². The summed E-state index contributed by atoms with van der Waals surface area (Å²) < 4.78 is 1.41. The number of benzene rings is 3. The van der Waals surface area contributed by atoms with Crippen molar-refractivity contribution in [3.63, 3.8) is 0 Å². The van der Waals surface area contributed by atoms with E-state index in [0.29, 0.717) is 15.8 Å². The minimum Gasteiger partial charge on any atom is -0.292 e. The third kappa shape index (κ3) is 3.47. The van der Waals surface area contributed by atoms with Gasteiger partial charge in [0.05, 0.1) is 18.3 Å². The number of aryl methyl sites for hydroxylation is 2. The Kier molecular flexibility index (Phi) is 4.75. The Morgan fingerprint density at radius 3 is 2.58 bits per heavy atom. The molecule has 5 rings (SSSR count). The Hall–Kier alpha value is -3.57. The van der Waals surface area contributed by atoms with E-state index in [1.807, 2.05) is 53.9 Å². The van der Waals surface area contributed by atoms with Crippen LogP contribution in [0, 0.1) is 13.8 Å². The Bertz CT molecular complexity index is 1530. The maximum Gasteiger partial charge on any atom is 0.263 e. The van der Waals surface area contributed by atoms with E-state index in [9.17, 15) is 9.59 Å². The van der Waals surface area contributed by atoms with Gasteiger partial charge in [-0.1, -0.05) is 54.6 Å². The number of hydrogen-bond acceptors (Lipinski definition) is 4. The summed E-state index contributed by atoms with van der Waals surface area (Å²) in [5.74, 6) is -0.114. The first-order valence-electron chi connectivity index (χ1n) is 10.1. The molecule has 0 saturated carbocycles. The molecule has 152 valence electrons. The van der Waals surface area contributed by atoms with E-state index in [1.54, 1.807) is 0 Å². The van der Waals surface area contributed by atoms with E-state index in [1.165, 1.54) is 33.4 Å². The number of Topliss-reactive ketones (excluding diaryl/α,β-unsaturated/α-hetero) is 1. The van der Waals surface area contributed by atoms with Gasteiger partial charge in [-0.15, -0.1) is 11.3 Å². The monoisotopic (exact) mass is 424 g/mol. The molecule has 0 spiro atoms. The first-order chi connectivity index (χ1) is 15.0. The Balaban J connectivity index is 1.54. The third-order valence-electron chi connectivity index (χ3n) is 5.76. The average molecular weight is 425 g/mol. The van der Waals surface area contributed by atoms with Crippen molar-refractivity contribution in [1.82, 2.24) is 9.55 Å². The van der Waals surface area contributed by atoms with E-state index in [4.69, 9.17) is 0 Å². The summed E-state index contributed by atoms with van der Waals surface area (Å²) in [4.78, 5) is 31.4. The lowest BCUT2D eigenvalue weighted by Gasteiger charge is -2.08. The zero-order valence-corrected chi connectivity index (χ0v) is 18.1. The zero-order chi connectivity index (χ0) is 21.5. The van der Waals surface area contributed by atoms with Gasteiger partial charge in [-0.3, -0.25) is 14.2 Å². The summed E-state index contributed by atoms with van der Waals surface area (Å²) in [5, 5.41) is 4.63. The average Bonchev–Trinajstić information content (AvgIpc) is 3.22. The number of carbonyl (C=O) groups excluding carboxylic acids is 1. The molecule has 0 aliphatic carbocycles. The van der Waals surface area contributed by atoms with Crippen LogP contribution in [0.4, 0.5) is 0 Å². The van der Waals surface area contributed by atoms with Crippen LogP contribution in [0.3, 0.4) is 0 Å². The van der Waals surface area contributed by atoms with Crippen LogP contribution in [0.1, 0.15) is 21.5 Å². The van der Waals surface area contributed by atoms with Crippen LogP contribution in [0.5, 0.6) is 0 Å². The molecule has 0 aliphatic rings. The molecule has 0 radical (unpaired) electrons. The quantitative estimate of drug-likeness (QED) is 0.344. The molecule has 0 saturated heterocycles. The predicted molar refractivity (Wildman–Crippen MR) is 127 cm³/mol. The van der Waals surface area contributed by atoms with Crippen molar-refractivity contribution in [2.24, 2.45) is 0 Å². The molecule has 2 aromatic heterocycles. The lowest BCUT2D eigenvalue weighted by molar-refractivity contribution is 0.0971. The van der Waals surface area contributed by atoms with E-state index in [2.05, 4.69) is 31.0 Å². The Morgan fingerprint density at radius 1 is 0.968 bits per heavy atom. The lowest BCUT2D eigenvalue weighted by atomic mass is 10.0. The van der Waals surface area contributed by atoms with Gasteiger partial charge in [0, 0.05) is 16.5 Å². The maximum absolute atomic E-state index is 13.3. The molecular formula is C26H20N2O2S. The summed E-state index contributed by atoms with van der Waals surface area (Å²) in [6.45, 7) is 4.09. The molecule has 0 amide bonds. The van der Waals surface area contributed by atoms with Gasteiger partial charge in [0.25, 0.3) is 5.56 Å². The highest BCUT2D eigenvalue weighted by atomic mass is 32.1. The fraction of sp³-hybridized carbons (Fsp3) is 0.115. The van der Waals surface area contributed by atoms with Gasteiger partial charge in [-0.05, 0) is 47.4 Å². The fourth-order valence-corrected chi connectivity index (χ4v) is 4.72. The largest absolute Gasteiger partial charge is 0.292 e. The third-order valence-corrected chi connectivity index (χ3v) is 6.65. The van der Waals surface area contributed by atoms with Crippen molar-refractivity contribution < 1.29 is 4.79 Å². The first kappa shape index (κ1) is 19.4. The van der Waals surface area contributed by atoms with Crippen LogP contribution in [-0.4, -0.2) is 15.3 Å². The number of hydrogen-bond donors (Lipinski definition) is 0. The van der Waals surface area contributed by atoms with Crippen LogP contribution in [0.15, 0.2) is 77.2 Å². The van der Waals surface area contributed by atoms with Crippen molar-refractivity contribution in [2.75, 3.05) is 0 Å². The topological polar surface area (TPSA) is 52.0 Å². The second-order valence-corrected chi connectivity index (χ2v) is 8.65. The van der Waals surface area contributed by atoms with Gasteiger partial charge >= 0.3 is 0 Å². The second-order valence-electron chi connectivity index (χ2n) is 7.79. The van der Waals surface area contributed by atoms with Gasteiger partial charge in [-0.2, -0.15) is 0 Å². The van der Waals surface area contributed by atoms with Crippen LogP contribution in [0.2, 0.25) is 0 Å². The molecule has 4 nitrogen and oxygen atoms in total. The van der Waals surface area contributed by atoms with E-state index < -0.39 is 0 Å². The van der Waals surface area contributed by atoms with Crippen molar-refractivity contribution in [3.8, 4) is 11.1 Å². The molecule has 0 bridgehead atoms. The second kappa shape index (κ2) is 7.60. The Morgan fingerprint density at radius 2 is 1.77 bits per heavy atom. The molecule has 5 heteroatoms. The van der Waals surface area contributed by atoms with Crippen molar-refractivity contribution in [3.05, 3.63) is 99.4 Å². The predicted octanol–water partition coefficient (Wildman–Crippen LogP) is 5.78. The van der Waals surface area contributed by atoms with Gasteiger partial charge in [0.1, 0.15) is 4.83 Å². The van der Waals surface area contributed by atoms with E-state index >= 15 is 0 Å². The summed E-state index contributed by atoms with van der Waals surface area (Å²) in [6, 6.07) is 19.7. The SMILES string of the molecule is Cc1ccc(-c2csc3ncn(CC(=O)c4ccc5ccccc5c4)c(=O)c23)cc1C. The molecule has 3 aromatic carbocycles. The molecule has 0 fully saturated rings. The summed E-state index contributed by atoms with van der Waals surface area (Å²) in [5.41, 5.74) is 4.64. The molecular weight excluding hydrogens is 404 g/mol. The first-order valence-corrected chi connectivity index (χ1v) is 11.0. The number of thiophene rings is 1. The summed E-state index contributed by atoms with van der Waals surface area (Å²) >= 11 is 1.45. The number of ketones is 1. The van der Waals surface area contributed by atoms with Crippen LogP contribution >= 0.6 is 11.3 Å². The van der Waals surface area contributed by atoms with Crippen molar-refractivity contribution in [2.45, 2.75) is 20.4 Å². The molecule has 0 aliphatic heterocycles. The molecule has 5 aromatic rings.